The van der Waals surface area contributed by atoms with Crippen molar-refractivity contribution >= 4 is 45.1 Å². The quantitative estimate of drug-likeness (QED) is 0.0524. The molecule has 314 valence electrons. The largest absolute Gasteiger partial charge is 0.481 e. The van der Waals surface area contributed by atoms with Crippen LogP contribution in [0.3, 0.4) is 0 Å². The van der Waals surface area contributed by atoms with Gasteiger partial charge >= 0.3 is 11.9 Å². The third-order valence-corrected chi connectivity index (χ3v) is 11.9. The van der Waals surface area contributed by atoms with Gasteiger partial charge in [0.1, 0.15) is 28.8 Å². The lowest BCUT2D eigenvalue weighted by Gasteiger charge is -2.19. The maximum atomic E-state index is 11.1. The molecule has 0 spiro atoms. The van der Waals surface area contributed by atoms with Crippen molar-refractivity contribution in [3.05, 3.63) is 123 Å². The van der Waals surface area contributed by atoms with Crippen LogP contribution in [-0.2, 0) is 35.6 Å². The van der Waals surface area contributed by atoms with Gasteiger partial charge in [-0.15, -0.1) is 11.3 Å². The summed E-state index contributed by atoms with van der Waals surface area (Å²) in [6, 6.07) is 24.0. The normalized spacial score (nSPS) is 14.3. The molecule has 5 N–H and O–H groups in total. The van der Waals surface area contributed by atoms with Crippen LogP contribution in [0.5, 0.6) is 11.8 Å². The topological polar surface area (TPSA) is 208 Å². The number of aliphatic carboxylic acids is 2. The molecular weight excluding hydrogens is 818 g/mol. The van der Waals surface area contributed by atoms with E-state index < -0.39 is 24.1 Å². The molecule has 0 saturated heterocycles. The van der Waals surface area contributed by atoms with Crippen LogP contribution in [0.2, 0.25) is 5.02 Å². The lowest BCUT2D eigenvalue weighted by molar-refractivity contribution is -0.140. The number of aliphatic hydroxyl groups excluding tert-OH is 2. The Morgan fingerprint density at radius 3 is 2.52 bits per heavy atom. The zero-order valence-electron chi connectivity index (χ0n) is 33.3. The second-order valence-corrected chi connectivity index (χ2v) is 16.5. The van der Waals surface area contributed by atoms with Gasteiger partial charge in [0.05, 0.1) is 40.8 Å². The number of rotatable bonds is 19. The average Bonchev–Trinajstić information content (AvgIpc) is 3.85. The number of carboxylic acid groups (broad SMARTS) is 2. The predicted molar refractivity (Wildman–Crippen MR) is 231 cm³/mol. The van der Waals surface area contributed by atoms with Gasteiger partial charge in [-0.25, -0.2) is 4.98 Å². The van der Waals surface area contributed by atoms with E-state index in [1.807, 2.05) is 18.2 Å². The number of hydrogen-bond acceptors (Lipinski definition) is 12. The van der Waals surface area contributed by atoms with Crippen molar-refractivity contribution in [3.8, 4) is 39.5 Å². The highest BCUT2D eigenvalue weighted by atomic mass is 35.5. The van der Waals surface area contributed by atoms with Gasteiger partial charge in [0, 0.05) is 42.2 Å². The molecule has 3 aromatic carbocycles. The molecule has 15 heteroatoms. The molecule has 0 aliphatic heterocycles. The molecule has 1 aliphatic rings. The number of aryl methyl sites for hydroxylation is 1. The number of aromatic nitrogens is 3. The Morgan fingerprint density at radius 1 is 0.951 bits per heavy atom. The second-order valence-electron chi connectivity index (χ2n) is 15.1. The van der Waals surface area contributed by atoms with Gasteiger partial charge in [-0.3, -0.25) is 14.6 Å². The molecule has 1 aliphatic carbocycles. The fourth-order valence-electron chi connectivity index (χ4n) is 7.63. The Morgan fingerprint density at radius 2 is 1.72 bits per heavy atom. The maximum Gasteiger partial charge on any atom is 0.306 e. The molecule has 13 nitrogen and oxygen atoms in total. The third kappa shape index (κ3) is 10.7. The molecule has 0 saturated carbocycles. The smallest absolute Gasteiger partial charge is 0.306 e. The van der Waals surface area contributed by atoms with Crippen LogP contribution in [0.1, 0.15) is 77.2 Å². The summed E-state index contributed by atoms with van der Waals surface area (Å²) in [5, 5.41) is 51.7. The minimum atomic E-state index is -1.07. The van der Waals surface area contributed by atoms with E-state index in [4.69, 9.17) is 41.3 Å². The van der Waals surface area contributed by atoms with E-state index in [1.54, 1.807) is 29.7 Å². The molecule has 3 aromatic heterocycles. The van der Waals surface area contributed by atoms with Crippen LogP contribution < -0.4 is 14.8 Å². The Bertz CT molecular complexity index is 2610. The molecule has 3 heterocycles. The number of carboxylic acids is 2. The summed E-state index contributed by atoms with van der Waals surface area (Å²) in [7, 11) is 0. The summed E-state index contributed by atoms with van der Waals surface area (Å²) in [4.78, 5) is 35.8. The fraction of sp³-hybridized carbons (Fsp3) is 0.304. The zero-order chi connectivity index (χ0) is 43.0. The number of pyridine rings is 2. The van der Waals surface area contributed by atoms with E-state index in [2.05, 4.69) is 59.7 Å². The summed E-state index contributed by atoms with van der Waals surface area (Å²) < 4.78 is 13.8. The lowest BCUT2D eigenvalue weighted by Crippen LogP contribution is -2.28. The summed E-state index contributed by atoms with van der Waals surface area (Å²) >= 11 is 8.44. The van der Waals surface area contributed by atoms with Crippen molar-refractivity contribution in [3.63, 3.8) is 0 Å². The fourth-order valence-corrected chi connectivity index (χ4v) is 8.96. The molecule has 0 amide bonds. The Labute approximate surface area is 361 Å². The molecule has 0 bridgehead atoms. The second kappa shape index (κ2) is 19.6. The summed E-state index contributed by atoms with van der Waals surface area (Å²) in [6.45, 7) is 2.86. The van der Waals surface area contributed by atoms with Crippen molar-refractivity contribution in [2.75, 3.05) is 6.54 Å². The molecule has 3 atom stereocenters. The predicted octanol–water partition coefficient (Wildman–Crippen LogP) is 7.98. The standard InChI is InChI=1S/C46H44ClN5O8S/c1-26-33(7-3-8-34(26)46-51-39-13-11-27(16-41(39)61-46)21-50-24-32(54)19-43(57)58)35-9-4-10-37-36(35)12-14-40(37)60-45-38(47)17-30(5-2-6-31(53)18-42(55)56)44(52-45)59-25-29-15-28(20-48)22-49-23-29/h3-4,7-11,13,15-17,22-23,31-32,40,50,53-54H,2,5-6,12,14,18-19,21,24-25H2,1H3,(H,55,56)(H,57,58)/t31-,32+,40+/m1/s1. The van der Waals surface area contributed by atoms with Gasteiger partial charge < -0.3 is 35.2 Å². The zero-order valence-corrected chi connectivity index (χ0v) is 34.9. The average molecular weight is 862 g/mol. The van der Waals surface area contributed by atoms with Crippen LogP contribution >= 0.6 is 22.9 Å². The summed E-state index contributed by atoms with van der Waals surface area (Å²) in [6.07, 6.45) is 2.78. The van der Waals surface area contributed by atoms with E-state index >= 15 is 0 Å². The highest BCUT2D eigenvalue weighted by Crippen LogP contribution is 2.44. The lowest BCUT2D eigenvalue weighted by atomic mass is 9.91. The number of aliphatic hydroxyl groups is 2. The van der Waals surface area contributed by atoms with E-state index in [0.717, 1.165) is 55.0 Å². The molecule has 61 heavy (non-hydrogen) atoms. The van der Waals surface area contributed by atoms with E-state index in [9.17, 15) is 25.1 Å². The molecule has 7 rings (SSSR count). The highest BCUT2D eigenvalue weighted by Gasteiger charge is 2.29. The van der Waals surface area contributed by atoms with Crippen molar-refractivity contribution in [1.29, 1.82) is 5.26 Å². The molecule has 0 radical (unpaired) electrons. The number of thiazole rings is 1. The first kappa shape index (κ1) is 43.1. The maximum absolute atomic E-state index is 11.1. The van der Waals surface area contributed by atoms with Gasteiger partial charge in [0.15, 0.2) is 0 Å². The van der Waals surface area contributed by atoms with Gasteiger partial charge in [-0.1, -0.05) is 54.1 Å². The molecule has 0 fully saturated rings. The number of benzene rings is 3. The SMILES string of the molecule is Cc1c(-c2nc3ccc(CNC[C@@H](O)CC(=O)O)cc3s2)cccc1-c1cccc2c1CC[C@@H]2Oc1nc(OCc2cncc(C#N)c2)c(CCC[C@@H](O)CC(=O)O)cc1Cl. The van der Waals surface area contributed by atoms with Gasteiger partial charge in [0.2, 0.25) is 11.8 Å². The summed E-state index contributed by atoms with van der Waals surface area (Å²) in [5.74, 6) is -1.61. The van der Waals surface area contributed by atoms with Gasteiger partial charge in [-0.2, -0.15) is 10.2 Å². The number of nitrogens with one attached hydrogen (secondary N) is 1. The number of nitriles is 1. The molecular formula is C46H44ClN5O8S. The number of fused-ring (bicyclic) bond motifs is 2. The van der Waals surface area contributed by atoms with E-state index in [-0.39, 0.29) is 50.3 Å². The van der Waals surface area contributed by atoms with E-state index in [1.165, 1.54) is 11.8 Å². The van der Waals surface area contributed by atoms with Crippen LogP contribution in [-0.4, -0.2) is 66.1 Å². The Kier molecular flexibility index (Phi) is 13.9. The monoisotopic (exact) mass is 861 g/mol. The number of nitrogens with zero attached hydrogens (tertiary/aromatic N) is 4. The minimum Gasteiger partial charge on any atom is -0.481 e. The first-order valence-corrected chi connectivity index (χ1v) is 21.1. The number of halogens is 1. The Hall–Kier alpha value is -5.95. The van der Waals surface area contributed by atoms with E-state index in [0.29, 0.717) is 47.5 Å². The number of carbonyl (C=O) groups is 2. The summed E-state index contributed by atoms with van der Waals surface area (Å²) in [5.41, 5.74) is 10.2. The van der Waals surface area contributed by atoms with Gasteiger partial charge in [0.25, 0.3) is 0 Å². The van der Waals surface area contributed by atoms with Crippen LogP contribution in [0.15, 0.2) is 79.1 Å². The van der Waals surface area contributed by atoms with Crippen molar-refractivity contribution < 1.29 is 39.5 Å². The van der Waals surface area contributed by atoms with Crippen LogP contribution in [0.4, 0.5) is 0 Å². The van der Waals surface area contributed by atoms with Crippen molar-refractivity contribution in [2.24, 2.45) is 0 Å². The van der Waals surface area contributed by atoms with Crippen molar-refractivity contribution in [2.45, 2.75) is 83.3 Å². The number of ether oxygens (including phenoxy) is 2. The minimum absolute atomic E-state index is 0.0815. The van der Waals surface area contributed by atoms with Crippen LogP contribution in [0.25, 0.3) is 31.9 Å². The van der Waals surface area contributed by atoms with Crippen LogP contribution in [0, 0.1) is 18.3 Å². The van der Waals surface area contributed by atoms with Crippen molar-refractivity contribution in [1.82, 2.24) is 20.3 Å². The first-order valence-electron chi connectivity index (χ1n) is 19.9. The Balaban J connectivity index is 1.10. The molecule has 6 aromatic rings. The highest BCUT2D eigenvalue weighted by molar-refractivity contribution is 7.21. The van der Waals surface area contributed by atoms with Gasteiger partial charge in [-0.05, 0) is 96.7 Å². The third-order valence-electron chi connectivity index (χ3n) is 10.6. The number of hydrogen-bond donors (Lipinski definition) is 5. The first-order chi connectivity index (χ1) is 29.4. The molecule has 0 unspecified atom stereocenters.